The largest absolute Gasteiger partial charge is 0.328 e. The molecule has 28 heavy (non-hydrogen) atoms. The van der Waals surface area contributed by atoms with Crippen molar-refractivity contribution in [3.63, 3.8) is 0 Å². The summed E-state index contributed by atoms with van der Waals surface area (Å²) in [6, 6.07) is 19.8. The van der Waals surface area contributed by atoms with E-state index in [2.05, 4.69) is 52.6 Å². The van der Waals surface area contributed by atoms with Crippen LogP contribution in [-0.4, -0.2) is 29.0 Å². The molecule has 0 spiro atoms. The Hall–Kier alpha value is -2.43. The van der Waals surface area contributed by atoms with Crippen LogP contribution in [0.15, 0.2) is 65.6 Å². The van der Waals surface area contributed by atoms with Gasteiger partial charge in [-0.25, -0.2) is 0 Å². The van der Waals surface area contributed by atoms with Gasteiger partial charge in [-0.1, -0.05) is 48.5 Å². The molecule has 1 aromatic heterocycles. The van der Waals surface area contributed by atoms with Gasteiger partial charge in [0.2, 0.25) is 0 Å². The first kappa shape index (κ1) is 18.9. The molecular weight excluding hydrogens is 346 g/mol. The van der Waals surface area contributed by atoms with Crippen LogP contribution in [0.2, 0.25) is 0 Å². The maximum atomic E-state index is 12.0. The molecule has 4 heteroatoms. The lowest BCUT2D eigenvalue weighted by Gasteiger charge is -2.35. The third-order valence-electron chi connectivity index (χ3n) is 6.07. The molecule has 4 rings (SSSR count). The molecule has 0 aliphatic heterocycles. The van der Waals surface area contributed by atoms with Crippen LogP contribution in [0.25, 0.3) is 10.8 Å². The van der Waals surface area contributed by atoms with Gasteiger partial charge in [-0.05, 0) is 55.3 Å². The lowest BCUT2D eigenvalue weighted by molar-refractivity contribution is 0.167. The molecule has 0 bridgehead atoms. The van der Waals surface area contributed by atoms with Crippen LogP contribution >= 0.6 is 0 Å². The molecule has 2 N–H and O–H groups in total. The van der Waals surface area contributed by atoms with Gasteiger partial charge in [0.1, 0.15) is 0 Å². The van der Waals surface area contributed by atoms with Crippen molar-refractivity contribution in [3.05, 3.63) is 82.3 Å². The summed E-state index contributed by atoms with van der Waals surface area (Å²) in [7, 11) is 2.25. The van der Waals surface area contributed by atoms with Gasteiger partial charge in [0.25, 0.3) is 5.56 Å². The third-order valence-corrected chi connectivity index (χ3v) is 6.07. The number of nitrogens with zero attached hydrogens (tertiary/aromatic N) is 1. The molecule has 0 atom stereocenters. The van der Waals surface area contributed by atoms with Gasteiger partial charge in [0.15, 0.2) is 0 Å². The topological polar surface area (TPSA) is 48.1 Å². The van der Waals surface area contributed by atoms with Crippen molar-refractivity contribution < 1.29 is 0 Å². The molecule has 4 nitrogen and oxygen atoms in total. The molecule has 0 saturated heterocycles. The zero-order chi connectivity index (χ0) is 19.3. The van der Waals surface area contributed by atoms with Crippen molar-refractivity contribution >= 4 is 10.8 Å². The molecule has 0 amide bonds. The first-order chi connectivity index (χ1) is 13.7. The lowest BCUT2D eigenvalue weighted by atomic mass is 9.90. The SMILES string of the molecule is CN(Cc1ccccc1)C1CCC(NCc2c[nH]c(=O)c3ccccc23)CC1. The first-order valence-electron chi connectivity index (χ1n) is 10.3. The molecule has 3 aromatic rings. The monoisotopic (exact) mass is 375 g/mol. The Morgan fingerprint density at radius 2 is 1.64 bits per heavy atom. The van der Waals surface area contributed by atoms with E-state index in [1.165, 1.54) is 36.8 Å². The maximum absolute atomic E-state index is 12.0. The Morgan fingerprint density at radius 1 is 0.964 bits per heavy atom. The molecule has 1 saturated carbocycles. The zero-order valence-electron chi connectivity index (χ0n) is 16.5. The fourth-order valence-corrected chi connectivity index (χ4v) is 4.39. The number of nitrogens with one attached hydrogen (secondary N) is 2. The summed E-state index contributed by atoms with van der Waals surface area (Å²) in [5, 5.41) is 5.54. The summed E-state index contributed by atoms with van der Waals surface area (Å²) < 4.78 is 0. The number of pyridine rings is 1. The minimum atomic E-state index is -0.0127. The summed E-state index contributed by atoms with van der Waals surface area (Å²) in [6.07, 6.45) is 6.72. The normalized spacial score (nSPS) is 19.9. The first-order valence-corrected chi connectivity index (χ1v) is 10.3. The summed E-state index contributed by atoms with van der Waals surface area (Å²) in [5.74, 6) is 0. The number of hydrogen-bond donors (Lipinski definition) is 2. The Balaban J connectivity index is 1.30. The van der Waals surface area contributed by atoms with Crippen molar-refractivity contribution in [1.29, 1.82) is 0 Å². The second kappa shape index (κ2) is 8.72. The molecule has 2 aromatic carbocycles. The maximum Gasteiger partial charge on any atom is 0.255 e. The molecule has 1 fully saturated rings. The Kier molecular flexibility index (Phi) is 5.89. The Labute approximate surface area is 166 Å². The lowest BCUT2D eigenvalue weighted by Crippen LogP contribution is -2.40. The number of fused-ring (bicyclic) bond motifs is 1. The van der Waals surface area contributed by atoms with Crippen LogP contribution in [0.4, 0.5) is 0 Å². The van der Waals surface area contributed by atoms with Gasteiger partial charge >= 0.3 is 0 Å². The van der Waals surface area contributed by atoms with Crippen LogP contribution in [0.1, 0.15) is 36.8 Å². The second-order valence-corrected chi connectivity index (χ2v) is 7.98. The van der Waals surface area contributed by atoms with Crippen molar-refractivity contribution in [3.8, 4) is 0 Å². The highest BCUT2D eigenvalue weighted by atomic mass is 16.1. The summed E-state index contributed by atoms with van der Waals surface area (Å²) >= 11 is 0. The van der Waals surface area contributed by atoms with Crippen LogP contribution < -0.4 is 10.9 Å². The van der Waals surface area contributed by atoms with Crippen molar-refractivity contribution in [2.45, 2.75) is 50.9 Å². The highest BCUT2D eigenvalue weighted by Gasteiger charge is 2.23. The van der Waals surface area contributed by atoms with Gasteiger partial charge in [0.05, 0.1) is 0 Å². The average Bonchev–Trinajstić information content (AvgIpc) is 2.74. The molecule has 0 unspecified atom stereocenters. The molecule has 146 valence electrons. The Morgan fingerprint density at radius 3 is 2.39 bits per heavy atom. The predicted octanol–water partition coefficient (Wildman–Crippen LogP) is 4.06. The van der Waals surface area contributed by atoms with Crippen LogP contribution in [-0.2, 0) is 13.1 Å². The third kappa shape index (κ3) is 4.34. The van der Waals surface area contributed by atoms with E-state index in [0.29, 0.717) is 12.1 Å². The Bertz CT molecular complexity index is 958. The van der Waals surface area contributed by atoms with Gasteiger partial charge in [-0.3, -0.25) is 9.69 Å². The summed E-state index contributed by atoms with van der Waals surface area (Å²) in [4.78, 5) is 17.4. The summed E-state index contributed by atoms with van der Waals surface area (Å²) in [5.41, 5.74) is 2.54. The quantitative estimate of drug-likeness (QED) is 0.683. The van der Waals surface area contributed by atoms with Crippen molar-refractivity contribution in [2.24, 2.45) is 0 Å². The molecule has 1 heterocycles. The van der Waals surface area contributed by atoms with E-state index in [9.17, 15) is 4.79 Å². The van der Waals surface area contributed by atoms with E-state index >= 15 is 0 Å². The van der Waals surface area contributed by atoms with Crippen LogP contribution in [0.3, 0.4) is 0 Å². The molecule has 0 radical (unpaired) electrons. The predicted molar refractivity (Wildman–Crippen MR) is 115 cm³/mol. The van der Waals surface area contributed by atoms with E-state index in [0.717, 1.165) is 23.9 Å². The number of benzene rings is 2. The van der Waals surface area contributed by atoms with Crippen LogP contribution in [0, 0.1) is 0 Å². The van der Waals surface area contributed by atoms with Gasteiger partial charge in [-0.15, -0.1) is 0 Å². The van der Waals surface area contributed by atoms with Crippen LogP contribution in [0.5, 0.6) is 0 Å². The van der Waals surface area contributed by atoms with Gasteiger partial charge in [-0.2, -0.15) is 0 Å². The fourth-order valence-electron chi connectivity index (χ4n) is 4.39. The molecular formula is C24H29N3O. The van der Waals surface area contributed by atoms with Crippen molar-refractivity contribution in [1.82, 2.24) is 15.2 Å². The minimum absolute atomic E-state index is 0.0127. The van der Waals surface area contributed by atoms with E-state index in [1.54, 1.807) is 0 Å². The second-order valence-electron chi connectivity index (χ2n) is 7.98. The zero-order valence-corrected chi connectivity index (χ0v) is 16.5. The number of H-pyrrole nitrogens is 1. The fraction of sp³-hybridized carbons (Fsp3) is 0.375. The average molecular weight is 376 g/mol. The van der Waals surface area contributed by atoms with E-state index in [1.807, 2.05) is 30.5 Å². The standard InChI is InChI=1S/C24H29N3O/c1-27(17-18-7-3-2-4-8-18)21-13-11-20(12-14-21)25-15-19-16-26-24(28)23-10-6-5-9-22(19)23/h2-10,16,20-21,25H,11-15,17H2,1H3,(H,26,28). The highest BCUT2D eigenvalue weighted by molar-refractivity contribution is 5.84. The van der Waals surface area contributed by atoms with Crippen molar-refractivity contribution in [2.75, 3.05) is 7.05 Å². The van der Waals surface area contributed by atoms with E-state index in [-0.39, 0.29) is 5.56 Å². The number of rotatable bonds is 6. The minimum Gasteiger partial charge on any atom is -0.328 e. The smallest absolute Gasteiger partial charge is 0.255 e. The summed E-state index contributed by atoms with van der Waals surface area (Å²) in [6.45, 7) is 1.82. The number of aromatic amines is 1. The molecule has 1 aliphatic rings. The van der Waals surface area contributed by atoms with Gasteiger partial charge < -0.3 is 10.3 Å². The van der Waals surface area contributed by atoms with E-state index < -0.39 is 0 Å². The van der Waals surface area contributed by atoms with E-state index in [4.69, 9.17) is 0 Å². The number of hydrogen-bond acceptors (Lipinski definition) is 3. The van der Waals surface area contributed by atoms with Gasteiger partial charge in [0, 0.05) is 36.8 Å². The highest BCUT2D eigenvalue weighted by Crippen LogP contribution is 2.24. The molecule has 1 aliphatic carbocycles. The number of aromatic nitrogens is 1.